The third-order valence-electron chi connectivity index (χ3n) is 6.28. The van der Waals surface area contributed by atoms with Crippen molar-refractivity contribution in [1.29, 1.82) is 0 Å². The average molecular weight is 603 g/mol. The van der Waals surface area contributed by atoms with Crippen molar-refractivity contribution < 1.29 is 42.5 Å². The lowest BCUT2D eigenvalue weighted by atomic mass is 9.90. The Kier molecular flexibility index (Phi) is 13.4. The number of hydrogen-bond acceptors (Lipinski definition) is 9. The Morgan fingerprint density at radius 3 is 2.33 bits per heavy atom. The van der Waals surface area contributed by atoms with Gasteiger partial charge in [-0.2, -0.15) is 0 Å². The quantitative estimate of drug-likeness (QED) is 0.0729. The summed E-state index contributed by atoms with van der Waals surface area (Å²) < 4.78 is 34.6. The summed E-state index contributed by atoms with van der Waals surface area (Å²) in [5, 5.41) is 0. The van der Waals surface area contributed by atoms with E-state index in [-0.39, 0.29) is 12.4 Å². The van der Waals surface area contributed by atoms with E-state index in [9.17, 15) is 14.4 Å². The van der Waals surface area contributed by atoms with Gasteiger partial charge in [-0.15, -0.1) is 0 Å². The van der Waals surface area contributed by atoms with E-state index in [0.717, 1.165) is 18.6 Å². The zero-order valence-electron chi connectivity index (χ0n) is 26.1. The maximum Gasteiger partial charge on any atom is 0.303 e. The van der Waals surface area contributed by atoms with E-state index in [1.54, 1.807) is 38.2 Å². The largest absolute Gasteiger partial charge is 0.494 e. The summed E-state index contributed by atoms with van der Waals surface area (Å²) in [4.78, 5) is 36.6. The minimum absolute atomic E-state index is 0.143. The van der Waals surface area contributed by atoms with E-state index < -0.39 is 43.9 Å². The fourth-order valence-electron chi connectivity index (χ4n) is 4.42. The number of allylic oxidation sites excluding steroid dienone is 3. The molecule has 0 saturated carbocycles. The number of ether oxygens (including phenoxy) is 5. The standard InChI is InChI=1S/C32H46O9Si/c1-24(33)38-23-30(40-31(3,4)36-5)29(39-25(2)34)18-14-17-27-28(35)19-21-32(27,41-42(6,7)8)20-12-13-22-37-26-15-10-9-11-16-26/h9-11,14-19,21,29-30H,12-13,20,22-23H2,1-8H3/b18-14+,27-17+. The molecule has 0 amide bonds. The fourth-order valence-corrected chi connectivity index (χ4v) is 5.80. The van der Waals surface area contributed by atoms with Gasteiger partial charge in [0.05, 0.1) is 6.61 Å². The van der Waals surface area contributed by atoms with Gasteiger partial charge in [0.25, 0.3) is 0 Å². The Hall–Kier alpha value is -3.05. The van der Waals surface area contributed by atoms with Crippen LogP contribution in [0.3, 0.4) is 0 Å². The Bertz CT molecular complexity index is 1130. The number of para-hydroxylation sites is 1. The number of esters is 2. The molecule has 0 aliphatic heterocycles. The number of hydrogen-bond donors (Lipinski definition) is 0. The molecule has 3 unspecified atom stereocenters. The Morgan fingerprint density at radius 2 is 1.74 bits per heavy atom. The molecule has 1 aliphatic rings. The van der Waals surface area contributed by atoms with Crippen molar-refractivity contribution in [2.45, 2.75) is 90.2 Å². The molecule has 0 spiro atoms. The van der Waals surface area contributed by atoms with E-state index in [2.05, 4.69) is 19.6 Å². The number of ketones is 1. The topological polar surface area (TPSA) is 107 Å². The van der Waals surface area contributed by atoms with Gasteiger partial charge in [-0.25, -0.2) is 0 Å². The molecule has 3 atom stereocenters. The highest BCUT2D eigenvalue weighted by atomic mass is 28.4. The van der Waals surface area contributed by atoms with Crippen LogP contribution in [0, 0.1) is 0 Å². The smallest absolute Gasteiger partial charge is 0.303 e. The molecule has 1 aromatic rings. The van der Waals surface area contributed by atoms with Crippen LogP contribution in [0.1, 0.15) is 47.0 Å². The maximum atomic E-state index is 13.1. The lowest BCUT2D eigenvalue weighted by Crippen LogP contribution is -2.43. The molecule has 0 N–H and O–H groups in total. The second-order valence-electron chi connectivity index (χ2n) is 11.5. The second kappa shape index (κ2) is 16.0. The Labute approximate surface area is 251 Å². The number of rotatable bonds is 17. The van der Waals surface area contributed by atoms with Crippen LogP contribution < -0.4 is 4.74 Å². The summed E-state index contributed by atoms with van der Waals surface area (Å²) in [7, 11) is -0.611. The summed E-state index contributed by atoms with van der Waals surface area (Å²) in [5.41, 5.74) is -0.372. The number of carbonyl (C=O) groups is 3. The maximum absolute atomic E-state index is 13.1. The van der Waals surface area contributed by atoms with Gasteiger partial charge in [0.1, 0.15) is 30.2 Å². The second-order valence-corrected chi connectivity index (χ2v) is 16.0. The highest BCUT2D eigenvalue weighted by Gasteiger charge is 2.42. The normalized spacial score (nSPS) is 19.7. The lowest BCUT2D eigenvalue weighted by molar-refractivity contribution is -0.246. The minimum Gasteiger partial charge on any atom is -0.494 e. The van der Waals surface area contributed by atoms with E-state index in [1.807, 2.05) is 36.4 Å². The predicted molar refractivity (Wildman–Crippen MR) is 162 cm³/mol. The van der Waals surface area contributed by atoms with Gasteiger partial charge in [0.15, 0.2) is 19.9 Å². The summed E-state index contributed by atoms with van der Waals surface area (Å²) in [6.07, 6.45) is 8.72. The molecule has 42 heavy (non-hydrogen) atoms. The van der Waals surface area contributed by atoms with Gasteiger partial charge >= 0.3 is 11.9 Å². The van der Waals surface area contributed by atoms with E-state index >= 15 is 0 Å². The van der Waals surface area contributed by atoms with Gasteiger partial charge in [-0.3, -0.25) is 14.4 Å². The third-order valence-corrected chi connectivity index (χ3v) is 7.25. The number of unbranched alkanes of at least 4 members (excludes halogenated alkanes) is 1. The molecule has 232 valence electrons. The highest BCUT2D eigenvalue weighted by Crippen LogP contribution is 2.38. The zero-order chi connectivity index (χ0) is 31.4. The van der Waals surface area contributed by atoms with Crippen LogP contribution in [0.15, 0.2) is 66.3 Å². The van der Waals surface area contributed by atoms with Crippen molar-refractivity contribution in [2.24, 2.45) is 0 Å². The van der Waals surface area contributed by atoms with Gasteiger partial charge in [0, 0.05) is 26.5 Å². The molecule has 0 bridgehead atoms. The van der Waals surface area contributed by atoms with Crippen molar-refractivity contribution in [3.63, 3.8) is 0 Å². The summed E-state index contributed by atoms with van der Waals surface area (Å²) >= 11 is 0. The van der Waals surface area contributed by atoms with Gasteiger partial charge in [-0.1, -0.05) is 30.4 Å². The van der Waals surface area contributed by atoms with Gasteiger partial charge < -0.3 is 28.1 Å². The molecule has 0 aromatic heterocycles. The van der Waals surface area contributed by atoms with Crippen LogP contribution in [-0.4, -0.2) is 70.0 Å². The first-order chi connectivity index (χ1) is 19.7. The monoisotopic (exact) mass is 602 g/mol. The molecular weight excluding hydrogens is 556 g/mol. The van der Waals surface area contributed by atoms with Crippen LogP contribution in [0.5, 0.6) is 5.75 Å². The van der Waals surface area contributed by atoms with Crippen LogP contribution in [0.4, 0.5) is 0 Å². The van der Waals surface area contributed by atoms with Gasteiger partial charge in [0.2, 0.25) is 0 Å². The molecular formula is C32H46O9Si. The molecule has 0 saturated heterocycles. The van der Waals surface area contributed by atoms with Crippen molar-refractivity contribution in [3.8, 4) is 5.75 Å². The van der Waals surface area contributed by atoms with Crippen LogP contribution in [-0.2, 0) is 37.8 Å². The van der Waals surface area contributed by atoms with Gasteiger partial charge in [-0.05, 0) is 83.1 Å². The molecule has 10 heteroatoms. The van der Waals surface area contributed by atoms with E-state index in [4.69, 9.17) is 28.1 Å². The molecule has 0 radical (unpaired) electrons. The van der Waals surface area contributed by atoms with Crippen molar-refractivity contribution in [1.82, 2.24) is 0 Å². The SMILES string of the molecule is COC(C)(C)OC(COC(C)=O)C(/C=C/C=C1\C(=O)C=CC1(CCCCOc1ccccc1)O[Si](C)(C)C)OC(C)=O. The Morgan fingerprint density at radius 1 is 1.05 bits per heavy atom. The summed E-state index contributed by atoms with van der Waals surface area (Å²) in [6, 6.07) is 9.64. The van der Waals surface area contributed by atoms with Crippen molar-refractivity contribution >= 4 is 26.0 Å². The molecule has 2 rings (SSSR count). The predicted octanol–water partition coefficient (Wildman–Crippen LogP) is 5.71. The van der Waals surface area contributed by atoms with E-state index in [0.29, 0.717) is 18.6 Å². The number of carbonyl (C=O) groups excluding carboxylic acids is 3. The molecule has 0 heterocycles. The molecule has 1 aromatic carbocycles. The number of methoxy groups -OCH3 is 1. The Balaban J connectivity index is 2.29. The highest BCUT2D eigenvalue weighted by molar-refractivity contribution is 6.70. The first-order valence-electron chi connectivity index (χ1n) is 14.2. The fraction of sp³-hybridized carbons (Fsp3) is 0.531. The van der Waals surface area contributed by atoms with Crippen LogP contribution in [0.2, 0.25) is 19.6 Å². The average Bonchev–Trinajstić information content (AvgIpc) is 3.19. The zero-order valence-corrected chi connectivity index (χ0v) is 27.1. The van der Waals surface area contributed by atoms with Crippen molar-refractivity contribution in [2.75, 3.05) is 20.3 Å². The van der Waals surface area contributed by atoms with E-state index in [1.165, 1.54) is 21.0 Å². The first kappa shape index (κ1) is 35.1. The first-order valence-corrected chi connectivity index (χ1v) is 17.6. The third kappa shape index (κ3) is 12.0. The summed E-state index contributed by atoms with van der Waals surface area (Å²) in [6.45, 7) is 12.6. The molecule has 1 aliphatic carbocycles. The van der Waals surface area contributed by atoms with Crippen LogP contribution >= 0.6 is 0 Å². The lowest BCUT2D eigenvalue weighted by Gasteiger charge is -2.36. The summed E-state index contributed by atoms with van der Waals surface area (Å²) in [5.74, 6) is -1.42. The molecule has 9 nitrogen and oxygen atoms in total. The number of benzene rings is 1. The minimum atomic E-state index is -2.09. The molecule has 0 fully saturated rings. The van der Waals surface area contributed by atoms with Crippen molar-refractivity contribution in [3.05, 3.63) is 66.3 Å². The van der Waals surface area contributed by atoms with Crippen LogP contribution in [0.25, 0.3) is 0 Å².